The maximum atomic E-state index is 10.9. The van der Waals surface area contributed by atoms with E-state index in [1.54, 1.807) is 0 Å². The normalized spacial score (nSPS) is 14.3. The van der Waals surface area contributed by atoms with Crippen LogP contribution in [-0.4, -0.2) is 23.6 Å². The number of rotatable bonds is 7. The number of ketones is 1. The van der Waals surface area contributed by atoms with Crippen molar-refractivity contribution in [3.63, 3.8) is 0 Å². The molecule has 0 saturated heterocycles. The van der Waals surface area contributed by atoms with Crippen molar-refractivity contribution in [2.45, 2.75) is 33.0 Å². The molecule has 0 bridgehead atoms. The molecule has 0 fully saturated rings. The first kappa shape index (κ1) is 13.9. The van der Waals surface area contributed by atoms with E-state index in [0.29, 0.717) is 13.2 Å². The van der Waals surface area contributed by atoms with Crippen molar-refractivity contribution < 1.29 is 14.6 Å². The lowest BCUT2D eigenvalue weighted by Crippen LogP contribution is -2.24. The van der Waals surface area contributed by atoms with Crippen LogP contribution in [0.1, 0.15) is 25.8 Å². The Morgan fingerprint density at radius 2 is 2.00 bits per heavy atom. The number of carbonyl (C=O) groups is 1. The van der Waals surface area contributed by atoms with Gasteiger partial charge >= 0.3 is 0 Å². The molecule has 0 aliphatic rings. The fourth-order valence-corrected chi connectivity index (χ4v) is 1.54. The topological polar surface area (TPSA) is 46.5 Å². The van der Waals surface area contributed by atoms with Crippen LogP contribution in [-0.2, 0) is 16.1 Å². The summed E-state index contributed by atoms with van der Waals surface area (Å²) < 4.78 is 5.51. The van der Waals surface area contributed by atoms with Gasteiger partial charge in [-0.15, -0.1) is 0 Å². The third-order valence-corrected chi connectivity index (χ3v) is 2.65. The van der Waals surface area contributed by atoms with E-state index in [1.165, 1.54) is 6.92 Å². The lowest BCUT2D eigenvalue weighted by molar-refractivity contribution is -0.119. The molecule has 3 nitrogen and oxygen atoms in total. The summed E-state index contributed by atoms with van der Waals surface area (Å²) in [5.74, 6) is -0.0185. The van der Waals surface area contributed by atoms with E-state index in [4.69, 9.17) is 4.74 Å². The van der Waals surface area contributed by atoms with Gasteiger partial charge in [-0.05, 0) is 12.5 Å². The van der Waals surface area contributed by atoms with Gasteiger partial charge < -0.3 is 9.84 Å². The zero-order chi connectivity index (χ0) is 12.7. The highest BCUT2D eigenvalue weighted by Crippen LogP contribution is 2.09. The van der Waals surface area contributed by atoms with Crippen LogP contribution in [0, 0.1) is 5.92 Å². The summed E-state index contributed by atoms with van der Waals surface area (Å²) in [6.45, 7) is 4.38. The van der Waals surface area contributed by atoms with Crippen LogP contribution in [0.15, 0.2) is 30.3 Å². The maximum Gasteiger partial charge on any atom is 0.132 e. The van der Waals surface area contributed by atoms with Crippen LogP contribution in [0.4, 0.5) is 0 Å². The molecule has 1 N–H and O–H groups in total. The smallest absolute Gasteiger partial charge is 0.132 e. The number of aliphatic hydroxyl groups is 1. The largest absolute Gasteiger partial charge is 0.392 e. The second-order valence-electron chi connectivity index (χ2n) is 4.45. The molecule has 1 rings (SSSR count). The zero-order valence-electron chi connectivity index (χ0n) is 10.4. The van der Waals surface area contributed by atoms with Crippen molar-refractivity contribution >= 4 is 5.78 Å². The van der Waals surface area contributed by atoms with E-state index in [1.807, 2.05) is 37.3 Å². The molecule has 0 aliphatic heterocycles. The first-order valence-electron chi connectivity index (χ1n) is 5.88. The molecule has 1 aromatic rings. The molecule has 2 atom stereocenters. The van der Waals surface area contributed by atoms with Crippen molar-refractivity contribution in [2.24, 2.45) is 5.92 Å². The Kier molecular flexibility index (Phi) is 5.87. The second-order valence-corrected chi connectivity index (χ2v) is 4.45. The molecule has 0 radical (unpaired) electrons. The SMILES string of the molecule is CC(=O)C[C@H](O)[C@@H](C)COCc1ccccc1. The van der Waals surface area contributed by atoms with E-state index in [0.717, 1.165) is 5.56 Å². The number of carbonyl (C=O) groups excluding carboxylic acids is 1. The lowest BCUT2D eigenvalue weighted by Gasteiger charge is -2.17. The minimum atomic E-state index is -0.608. The number of Topliss-reactive ketones (excluding diaryl/α,β-unsaturated/α-hetero) is 1. The van der Waals surface area contributed by atoms with Gasteiger partial charge in [0.1, 0.15) is 5.78 Å². The lowest BCUT2D eigenvalue weighted by atomic mass is 10.0. The summed E-state index contributed by atoms with van der Waals surface area (Å²) in [5.41, 5.74) is 1.11. The van der Waals surface area contributed by atoms with Crippen molar-refractivity contribution in [2.75, 3.05) is 6.61 Å². The molecule has 0 heterocycles. The molecule has 0 saturated carbocycles. The van der Waals surface area contributed by atoms with E-state index in [9.17, 15) is 9.90 Å². The van der Waals surface area contributed by atoms with Gasteiger partial charge in [-0.1, -0.05) is 37.3 Å². The van der Waals surface area contributed by atoms with Crippen LogP contribution in [0.5, 0.6) is 0 Å². The minimum absolute atomic E-state index is 0.00686. The van der Waals surface area contributed by atoms with Gasteiger partial charge in [0.05, 0.1) is 19.3 Å². The minimum Gasteiger partial charge on any atom is -0.392 e. The predicted octanol–water partition coefficient (Wildman–Crippen LogP) is 2.18. The van der Waals surface area contributed by atoms with Gasteiger partial charge in [0, 0.05) is 12.3 Å². The Morgan fingerprint density at radius 3 is 2.59 bits per heavy atom. The van der Waals surface area contributed by atoms with Gasteiger partial charge in [-0.25, -0.2) is 0 Å². The first-order valence-corrected chi connectivity index (χ1v) is 5.88. The van der Waals surface area contributed by atoms with Gasteiger partial charge in [0.25, 0.3) is 0 Å². The standard InChI is InChI=1S/C14H20O3/c1-11(14(16)8-12(2)15)9-17-10-13-6-4-3-5-7-13/h3-7,11,14,16H,8-10H2,1-2H3/t11-,14-/m0/s1. The number of hydrogen-bond acceptors (Lipinski definition) is 3. The maximum absolute atomic E-state index is 10.9. The van der Waals surface area contributed by atoms with Crippen molar-refractivity contribution in [1.29, 1.82) is 0 Å². The van der Waals surface area contributed by atoms with Crippen LogP contribution < -0.4 is 0 Å². The Bertz CT molecular complexity index is 335. The number of benzene rings is 1. The third kappa shape index (κ3) is 5.61. The molecule has 0 aromatic heterocycles. The quantitative estimate of drug-likeness (QED) is 0.789. The van der Waals surface area contributed by atoms with Gasteiger partial charge in [-0.3, -0.25) is 4.79 Å². The summed E-state index contributed by atoms with van der Waals surface area (Å²) in [6.07, 6.45) is -0.404. The average molecular weight is 236 g/mol. The number of ether oxygens (including phenoxy) is 1. The van der Waals surface area contributed by atoms with Crippen molar-refractivity contribution in [3.05, 3.63) is 35.9 Å². The average Bonchev–Trinajstić information content (AvgIpc) is 2.29. The highest BCUT2D eigenvalue weighted by Gasteiger charge is 2.16. The molecule has 3 heteroatoms. The fourth-order valence-electron chi connectivity index (χ4n) is 1.54. The van der Waals surface area contributed by atoms with Crippen LogP contribution >= 0.6 is 0 Å². The number of hydrogen-bond donors (Lipinski definition) is 1. The Labute approximate surface area is 102 Å². The fraction of sp³-hybridized carbons (Fsp3) is 0.500. The van der Waals surface area contributed by atoms with Gasteiger partial charge in [0.15, 0.2) is 0 Å². The molecular formula is C14H20O3. The predicted molar refractivity (Wildman–Crippen MR) is 66.6 cm³/mol. The molecule has 17 heavy (non-hydrogen) atoms. The highest BCUT2D eigenvalue weighted by molar-refractivity contribution is 5.75. The Hall–Kier alpha value is -1.19. The summed E-state index contributed by atoms with van der Waals surface area (Å²) in [7, 11) is 0. The van der Waals surface area contributed by atoms with Gasteiger partial charge in [-0.2, -0.15) is 0 Å². The zero-order valence-corrected chi connectivity index (χ0v) is 10.4. The van der Waals surface area contributed by atoms with Gasteiger partial charge in [0.2, 0.25) is 0 Å². The summed E-state index contributed by atoms with van der Waals surface area (Å²) in [5, 5.41) is 9.68. The number of aliphatic hydroxyl groups excluding tert-OH is 1. The van der Waals surface area contributed by atoms with Crippen LogP contribution in [0.2, 0.25) is 0 Å². The molecule has 94 valence electrons. The highest BCUT2D eigenvalue weighted by atomic mass is 16.5. The van der Waals surface area contributed by atoms with E-state index in [2.05, 4.69) is 0 Å². The Balaban J connectivity index is 2.24. The Morgan fingerprint density at radius 1 is 1.35 bits per heavy atom. The molecule has 0 spiro atoms. The summed E-state index contributed by atoms with van der Waals surface area (Å²) in [6, 6.07) is 9.88. The summed E-state index contributed by atoms with van der Waals surface area (Å²) >= 11 is 0. The summed E-state index contributed by atoms with van der Waals surface area (Å²) in [4.78, 5) is 10.9. The van der Waals surface area contributed by atoms with Crippen LogP contribution in [0.25, 0.3) is 0 Å². The molecule has 0 unspecified atom stereocenters. The van der Waals surface area contributed by atoms with Crippen LogP contribution in [0.3, 0.4) is 0 Å². The molecule has 0 aliphatic carbocycles. The van der Waals surface area contributed by atoms with Crippen molar-refractivity contribution in [3.8, 4) is 0 Å². The molecule has 0 amide bonds. The second kappa shape index (κ2) is 7.20. The monoisotopic (exact) mass is 236 g/mol. The van der Waals surface area contributed by atoms with E-state index in [-0.39, 0.29) is 18.1 Å². The molecule has 1 aromatic carbocycles. The van der Waals surface area contributed by atoms with E-state index < -0.39 is 6.10 Å². The van der Waals surface area contributed by atoms with Crippen molar-refractivity contribution in [1.82, 2.24) is 0 Å². The third-order valence-electron chi connectivity index (χ3n) is 2.65. The molecular weight excluding hydrogens is 216 g/mol. The first-order chi connectivity index (χ1) is 8.09. The van der Waals surface area contributed by atoms with E-state index >= 15 is 0 Å².